The molecule has 1 aliphatic rings. The van der Waals surface area contributed by atoms with Crippen LogP contribution in [0.15, 0.2) is 83.4 Å². The third-order valence-corrected chi connectivity index (χ3v) is 6.69. The third-order valence-electron chi connectivity index (χ3n) is 3.68. The molecule has 9 heteroatoms. The molecule has 1 fully saturated rings. The minimum Gasteiger partial charge on any atom is -0.449 e. The lowest BCUT2D eigenvalue weighted by molar-refractivity contribution is -0.115. The Kier molecular flexibility index (Phi) is 6.15. The van der Waals surface area contributed by atoms with Crippen molar-refractivity contribution in [2.24, 2.45) is 4.99 Å². The van der Waals surface area contributed by atoms with Gasteiger partial charge in [-0.1, -0.05) is 23.4 Å². The fourth-order valence-corrected chi connectivity index (χ4v) is 4.64. The number of carbonyl (C=O) groups is 1. The number of rotatable bonds is 4. The van der Waals surface area contributed by atoms with Crippen LogP contribution in [-0.4, -0.2) is 11.1 Å². The van der Waals surface area contributed by atoms with Crippen LogP contribution in [0.4, 0.5) is 10.1 Å². The molecule has 2 aromatic carbocycles. The van der Waals surface area contributed by atoms with Gasteiger partial charge in [0.25, 0.3) is 5.91 Å². The number of thioether (sulfide) groups is 1. The van der Waals surface area contributed by atoms with Crippen molar-refractivity contribution in [2.45, 2.75) is 9.99 Å². The van der Waals surface area contributed by atoms with E-state index in [9.17, 15) is 9.18 Å². The Balaban J connectivity index is 1.51. The van der Waals surface area contributed by atoms with E-state index in [2.05, 4.69) is 26.2 Å². The zero-order chi connectivity index (χ0) is 20.4. The van der Waals surface area contributed by atoms with Crippen LogP contribution >= 0.6 is 51.1 Å². The van der Waals surface area contributed by atoms with Gasteiger partial charge < -0.3 is 9.73 Å². The molecule has 146 valence electrons. The number of benzene rings is 2. The summed E-state index contributed by atoms with van der Waals surface area (Å²) >= 11 is 12.0. The minimum atomic E-state index is -0.340. The number of furan rings is 1. The molecule has 0 atom stereocenters. The highest BCUT2D eigenvalue weighted by Gasteiger charge is 2.24. The zero-order valence-electron chi connectivity index (χ0n) is 14.5. The first-order valence-corrected chi connectivity index (χ1v) is 11.0. The van der Waals surface area contributed by atoms with Gasteiger partial charge in [0.1, 0.15) is 11.6 Å². The van der Waals surface area contributed by atoms with E-state index in [1.807, 2.05) is 24.3 Å². The summed E-state index contributed by atoms with van der Waals surface area (Å²) in [5.41, 5.74) is 0.554. The monoisotopic (exact) mass is 508 g/mol. The summed E-state index contributed by atoms with van der Waals surface area (Å²) < 4.78 is 19.6. The number of hydrogen-bond donors (Lipinski definition) is 1. The molecule has 4 nitrogen and oxygen atoms in total. The highest BCUT2D eigenvalue weighted by Crippen LogP contribution is 2.38. The molecule has 0 saturated carbocycles. The lowest BCUT2D eigenvalue weighted by Gasteiger charge is -1.98. The number of carbonyl (C=O) groups excluding carboxylic acids is 1. The fourth-order valence-electron chi connectivity index (χ4n) is 2.36. The molecule has 2 heterocycles. The van der Waals surface area contributed by atoms with E-state index in [4.69, 9.17) is 16.0 Å². The topological polar surface area (TPSA) is 54.6 Å². The average Bonchev–Trinajstić information content (AvgIpc) is 3.21. The molecule has 0 aliphatic carbocycles. The van der Waals surface area contributed by atoms with E-state index in [1.165, 1.54) is 35.7 Å². The highest BCUT2D eigenvalue weighted by molar-refractivity contribution is 9.10. The van der Waals surface area contributed by atoms with E-state index in [0.29, 0.717) is 31.6 Å². The normalized spacial score (nSPS) is 16.6. The van der Waals surface area contributed by atoms with Gasteiger partial charge in [-0.2, -0.15) is 0 Å². The molecule has 29 heavy (non-hydrogen) atoms. The van der Waals surface area contributed by atoms with Crippen LogP contribution in [0.1, 0.15) is 5.76 Å². The van der Waals surface area contributed by atoms with Crippen molar-refractivity contribution in [1.82, 2.24) is 5.32 Å². The first-order chi connectivity index (χ1) is 14.0. The standard InChI is InChI=1S/C20H11BrClFN2O2S2/c21-16-9-14(27-19(16)28-15-7-1-11(22)2-8-15)10-17-18(26)25-20(29-17)24-13-5-3-12(23)4-6-13/h1-10H,(H,24,25,26)/b17-10-. The molecule has 0 spiro atoms. The molecule has 0 radical (unpaired) electrons. The SMILES string of the molecule is O=C1NC(=Nc2ccc(F)cc2)S/C1=C\c1cc(Br)c(Sc2ccc(Cl)cc2)o1. The largest absolute Gasteiger partial charge is 0.449 e. The van der Waals surface area contributed by atoms with E-state index in [-0.39, 0.29) is 11.7 Å². The van der Waals surface area contributed by atoms with Gasteiger partial charge in [0.15, 0.2) is 10.3 Å². The molecule has 1 N–H and O–H groups in total. The summed E-state index contributed by atoms with van der Waals surface area (Å²) in [6.07, 6.45) is 1.66. The van der Waals surface area contributed by atoms with Crippen molar-refractivity contribution in [3.8, 4) is 0 Å². The first kappa shape index (κ1) is 20.3. The Morgan fingerprint density at radius 2 is 1.90 bits per heavy atom. The zero-order valence-corrected chi connectivity index (χ0v) is 18.5. The van der Waals surface area contributed by atoms with E-state index < -0.39 is 0 Å². The van der Waals surface area contributed by atoms with Crippen LogP contribution in [-0.2, 0) is 4.79 Å². The van der Waals surface area contributed by atoms with Gasteiger partial charge in [-0.25, -0.2) is 9.38 Å². The van der Waals surface area contributed by atoms with E-state index in [1.54, 1.807) is 24.3 Å². The number of nitrogens with zero attached hydrogens (tertiary/aromatic N) is 1. The van der Waals surface area contributed by atoms with Crippen molar-refractivity contribution in [3.05, 3.63) is 80.6 Å². The number of hydrogen-bond acceptors (Lipinski definition) is 5. The lowest BCUT2D eigenvalue weighted by atomic mass is 10.3. The van der Waals surface area contributed by atoms with Crippen molar-refractivity contribution in [1.29, 1.82) is 0 Å². The van der Waals surface area contributed by atoms with Gasteiger partial charge >= 0.3 is 0 Å². The maximum absolute atomic E-state index is 13.0. The Labute approximate surface area is 187 Å². The molecule has 3 aromatic rings. The van der Waals surface area contributed by atoms with Crippen molar-refractivity contribution in [2.75, 3.05) is 0 Å². The van der Waals surface area contributed by atoms with E-state index >= 15 is 0 Å². The molecule has 0 unspecified atom stereocenters. The Morgan fingerprint density at radius 1 is 1.17 bits per heavy atom. The highest BCUT2D eigenvalue weighted by atomic mass is 79.9. The molecule has 0 bridgehead atoms. The van der Waals surface area contributed by atoms with Crippen LogP contribution in [0, 0.1) is 5.82 Å². The van der Waals surface area contributed by atoms with Gasteiger partial charge in [-0.3, -0.25) is 4.79 Å². The molecule has 1 aromatic heterocycles. The average molecular weight is 510 g/mol. The maximum atomic E-state index is 13.0. The van der Waals surface area contributed by atoms with Crippen LogP contribution in [0.2, 0.25) is 5.02 Å². The summed E-state index contributed by atoms with van der Waals surface area (Å²) in [5.74, 6) is -0.0716. The van der Waals surface area contributed by atoms with Crippen LogP contribution in [0.3, 0.4) is 0 Å². The van der Waals surface area contributed by atoms with Crippen LogP contribution in [0.5, 0.6) is 0 Å². The molecule has 1 amide bonds. The Bertz CT molecular complexity index is 1130. The number of halogens is 3. The maximum Gasteiger partial charge on any atom is 0.264 e. The van der Waals surface area contributed by atoms with Crippen molar-refractivity contribution in [3.63, 3.8) is 0 Å². The molecular weight excluding hydrogens is 499 g/mol. The summed E-state index contributed by atoms with van der Waals surface area (Å²) in [4.78, 5) is 18.0. The fraction of sp³-hybridized carbons (Fsp3) is 0. The van der Waals surface area contributed by atoms with Gasteiger partial charge in [0, 0.05) is 16.0 Å². The molecule has 4 rings (SSSR count). The third kappa shape index (κ3) is 5.14. The Morgan fingerprint density at radius 3 is 2.62 bits per heavy atom. The molecule has 1 saturated heterocycles. The molecular formula is C20H11BrClFN2O2S2. The second-order valence-corrected chi connectivity index (χ2v) is 9.17. The predicted molar refractivity (Wildman–Crippen MR) is 119 cm³/mol. The second kappa shape index (κ2) is 8.79. The van der Waals surface area contributed by atoms with Crippen molar-refractivity contribution >= 4 is 73.9 Å². The number of aliphatic imine (C=N–C) groups is 1. The van der Waals surface area contributed by atoms with Crippen LogP contribution in [0.25, 0.3) is 6.08 Å². The van der Waals surface area contributed by atoms with Gasteiger partial charge in [0.05, 0.1) is 15.1 Å². The smallest absolute Gasteiger partial charge is 0.264 e. The summed E-state index contributed by atoms with van der Waals surface area (Å²) in [5, 5.41) is 4.46. The van der Waals surface area contributed by atoms with E-state index in [0.717, 1.165) is 9.37 Å². The minimum absolute atomic E-state index is 0.268. The second-order valence-electron chi connectivity index (χ2n) is 5.80. The quantitative estimate of drug-likeness (QED) is 0.390. The summed E-state index contributed by atoms with van der Waals surface area (Å²) in [6.45, 7) is 0. The number of amides is 1. The number of nitrogens with one attached hydrogen (secondary N) is 1. The van der Waals surface area contributed by atoms with Crippen molar-refractivity contribution < 1.29 is 13.6 Å². The first-order valence-electron chi connectivity index (χ1n) is 8.24. The Hall–Kier alpha value is -2.00. The summed E-state index contributed by atoms with van der Waals surface area (Å²) in [6, 6.07) is 14.9. The predicted octanol–water partition coefficient (Wildman–Crippen LogP) is 6.88. The lowest BCUT2D eigenvalue weighted by Crippen LogP contribution is -2.19. The summed E-state index contributed by atoms with van der Waals surface area (Å²) in [7, 11) is 0. The van der Waals surface area contributed by atoms with Gasteiger partial charge in [-0.05, 0) is 82.3 Å². The van der Waals surface area contributed by atoms with Crippen LogP contribution < -0.4 is 5.32 Å². The molecule has 1 aliphatic heterocycles. The van der Waals surface area contributed by atoms with Gasteiger partial charge in [0.2, 0.25) is 0 Å². The number of amidine groups is 1. The van der Waals surface area contributed by atoms with Gasteiger partial charge in [-0.15, -0.1) is 0 Å².